The van der Waals surface area contributed by atoms with E-state index >= 15 is 0 Å². The Morgan fingerprint density at radius 1 is 1.32 bits per heavy atom. The SMILES string of the molecule is Cl.N[C@@H](CS)C(=O)O.N[C@@H](Cc1cnc[nH]1)C(=O)O. The van der Waals surface area contributed by atoms with Crippen molar-refractivity contribution < 1.29 is 19.8 Å². The van der Waals surface area contributed by atoms with Gasteiger partial charge in [-0.1, -0.05) is 0 Å². The van der Waals surface area contributed by atoms with Crippen LogP contribution in [0.15, 0.2) is 12.5 Å². The molecule has 0 saturated heterocycles. The van der Waals surface area contributed by atoms with Gasteiger partial charge in [0.05, 0.1) is 6.33 Å². The molecule has 0 aromatic carbocycles. The van der Waals surface area contributed by atoms with Crippen LogP contribution in [0, 0.1) is 0 Å². The molecule has 1 rings (SSSR count). The van der Waals surface area contributed by atoms with Crippen LogP contribution in [-0.2, 0) is 16.0 Å². The fourth-order valence-electron chi connectivity index (χ4n) is 0.799. The third-order valence-corrected chi connectivity index (χ3v) is 2.22. The maximum Gasteiger partial charge on any atom is 0.321 e. The number of imidazole rings is 1. The number of carboxylic acid groups (broad SMARTS) is 2. The largest absolute Gasteiger partial charge is 0.480 e. The molecule has 0 spiro atoms. The Morgan fingerprint density at radius 3 is 2.11 bits per heavy atom. The lowest BCUT2D eigenvalue weighted by Gasteiger charge is -2.02. The summed E-state index contributed by atoms with van der Waals surface area (Å²) in [5.41, 5.74) is 10.9. The summed E-state index contributed by atoms with van der Waals surface area (Å²) in [6, 6.07) is -1.67. The van der Waals surface area contributed by atoms with E-state index in [1.807, 2.05) is 0 Å². The molecule has 1 aromatic heterocycles. The molecule has 2 atom stereocenters. The standard InChI is InChI=1S/C6H9N3O2.C3H7NO2S.ClH/c7-5(6(10)11)1-4-2-8-3-9-4;4-2(1-7)3(5)6;/h2-3,5H,1,7H2,(H,8,9)(H,10,11);2,7H,1,4H2,(H,5,6);1H/t5-;2-;/m00./s1. The molecule has 0 aliphatic heterocycles. The minimum Gasteiger partial charge on any atom is -0.480 e. The van der Waals surface area contributed by atoms with Crippen molar-refractivity contribution >= 4 is 37.0 Å². The normalized spacial score (nSPS) is 12.4. The number of aliphatic carboxylic acids is 2. The number of aromatic nitrogens is 2. The summed E-state index contributed by atoms with van der Waals surface area (Å²) in [7, 11) is 0. The number of aromatic amines is 1. The Kier molecular flexibility index (Phi) is 11.2. The number of carbonyl (C=O) groups is 2. The molecule has 0 unspecified atom stereocenters. The first-order chi connectivity index (χ1) is 8.38. The minimum atomic E-state index is -1.00. The fraction of sp³-hybridized carbons (Fsp3) is 0.444. The molecule has 1 heterocycles. The number of nitrogens with one attached hydrogen (secondary N) is 1. The number of rotatable bonds is 5. The van der Waals surface area contributed by atoms with Gasteiger partial charge in [-0.15, -0.1) is 12.4 Å². The van der Waals surface area contributed by atoms with E-state index < -0.39 is 24.0 Å². The van der Waals surface area contributed by atoms with Gasteiger partial charge in [0.2, 0.25) is 0 Å². The molecule has 0 saturated carbocycles. The molecule has 0 amide bonds. The monoisotopic (exact) mass is 312 g/mol. The van der Waals surface area contributed by atoms with Crippen molar-refractivity contribution in [3.05, 3.63) is 18.2 Å². The van der Waals surface area contributed by atoms with E-state index in [0.29, 0.717) is 0 Å². The van der Waals surface area contributed by atoms with Crippen molar-refractivity contribution in [2.24, 2.45) is 11.5 Å². The molecule has 110 valence electrons. The Morgan fingerprint density at radius 2 is 1.84 bits per heavy atom. The molecule has 1 aromatic rings. The minimum absolute atomic E-state index is 0. The number of nitrogens with two attached hydrogens (primary N) is 2. The van der Waals surface area contributed by atoms with Crippen LogP contribution in [0.4, 0.5) is 0 Å². The Labute approximate surface area is 121 Å². The fourth-order valence-corrected chi connectivity index (χ4v) is 0.955. The van der Waals surface area contributed by atoms with Crippen LogP contribution in [0.2, 0.25) is 0 Å². The van der Waals surface area contributed by atoms with E-state index in [1.54, 1.807) is 6.20 Å². The third-order valence-electron chi connectivity index (χ3n) is 1.83. The zero-order chi connectivity index (χ0) is 14.1. The van der Waals surface area contributed by atoms with E-state index in [2.05, 4.69) is 22.6 Å². The summed E-state index contributed by atoms with van der Waals surface area (Å²) in [6.45, 7) is 0. The van der Waals surface area contributed by atoms with E-state index in [0.717, 1.165) is 5.69 Å². The van der Waals surface area contributed by atoms with Gasteiger partial charge < -0.3 is 26.7 Å². The number of hydrogen-bond acceptors (Lipinski definition) is 6. The van der Waals surface area contributed by atoms with E-state index in [1.165, 1.54) is 6.33 Å². The predicted molar refractivity (Wildman–Crippen MR) is 74.6 cm³/mol. The van der Waals surface area contributed by atoms with Gasteiger partial charge in [0.25, 0.3) is 0 Å². The molecule has 10 heteroatoms. The number of carboxylic acids is 2. The van der Waals surface area contributed by atoms with Gasteiger partial charge >= 0.3 is 11.9 Å². The first kappa shape index (κ1) is 20.0. The van der Waals surface area contributed by atoms with E-state index in [9.17, 15) is 9.59 Å². The number of nitrogens with zero attached hydrogens (tertiary/aromatic N) is 1. The predicted octanol–water partition coefficient (Wildman–Crippen LogP) is -0.886. The average Bonchev–Trinajstić information content (AvgIpc) is 2.81. The summed E-state index contributed by atoms with van der Waals surface area (Å²) >= 11 is 3.65. The van der Waals surface area contributed by atoms with E-state index in [4.69, 9.17) is 21.7 Å². The molecule has 0 aliphatic rings. The highest BCUT2D eigenvalue weighted by Gasteiger charge is 2.12. The van der Waals surface area contributed by atoms with Gasteiger partial charge in [-0.05, 0) is 0 Å². The van der Waals surface area contributed by atoms with Gasteiger partial charge in [-0.25, -0.2) is 4.98 Å². The van der Waals surface area contributed by atoms with Crippen molar-refractivity contribution in [3.8, 4) is 0 Å². The molecule has 19 heavy (non-hydrogen) atoms. The van der Waals surface area contributed by atoms with Crippen LogP contribution >= 0.6 is 25.0 Å². The molecular weight excluding hydrogens is 296 g/mol. The van der Waals surface area contributed by atoms with Crippen LogP contribution in [0.3, 0.4) is 0 Å². The Bertz CT molecular complexity index is 376. The van der Waals surface area contributed by atoms with Gasteiger partial charge in [0.1, 0.15) is 12.1 Å². The molecule has 0 aliphatic carbocycles. The van der Waals surface area contributed by atoms with Gasteiger partial charge in [0, 0.05) is 24.1 Å². The Balaban J connectivity index is 0. The van der Waals surface area contributed by atoms with Crippen LogP contribution in [0.5, 0.6) is 0 Å². The van der Waals surface area contributed by atoms with Gasteiger partial charge in [-0.2, -0.15) is 12.6 Å². The molecule has 0 radical (unpaired) electrons. The van der Waals surface area contributed by atoms with Crippen molar-refractivity contribution in [1.29, 1.82) is 0 Å². The van der Waals surface area contributed by atoms with Crippen molar-refractivity contribution in [3.63, 3.8) is 0 Å². The average molecular weight is 313 g/mol. The zero-order valence-corrected chi connectivity index (χ0v) is 11.6. The number of hydrogen-bond donors (Lipinski definition) is 6. The lowest BCUT2D eigenvalue weighted by molar-refractivity contribution is -0.139. The van der Waals surface area contributed by atoms with Crippen molar-refractivity contribution in [1.82, 2.24) is 9.97 Å². The number of thiol groups is 1. The van der Waals surface area contributed by atoms with Gasteiger partial charge in [0.15, 0.2) is 0 Å². The first-order valence-electron chi connectivity index (χ1n) is 4.93. The number of H-pyrrole nitrogens is 1. The highest BCUT2D eigenvalue weighted by Crippen LogP contribution is 1.95. The van der Waals surface area contributed by atoms with E-state index in [-0.39, 0.29) is 24.6 Å². The topological polar surface area (TPSA) is 155 Å². The second-order valence-corrected chi connectivity index (χ2v) is 3.72. The summed E-state index contributed by atoms with van der Waals surface area (Å²) < 4.78 is 0. The van der Waals surface area contributed by atoms with Gasteiger partial charge in [-0.3, -0.25) is 9.59 Å². The molecule has 8 nitrogen and oxygen atoms in total. The van der Waals surface area contributed by atoms with Crippen LogP contribution < -0.4 is 11.5 Å². The molecular formula is C9H17ClN4O4S. The van der Waals surface area contributed by atoms with Crippen LogP contribution in [0.1, 0.15) is 5.69 Å². The molecule has 7 N–H and O–H groups in total. The maximum absolute atomic E-state index is 10.3. The van der Waals surface area contributed by atoms with Crippen molar-refractivity contribution in [2.45, 2.75) is 18.5 Å². The second kappa shape index (κ2) is 10.6. The van der Waals surface area contributed by atoms with Crippen LogP contribution in [0.25, 0.3) is 0 Å². The number of halogens is 1. The molecule has 0 bridgehead atoms. The molecule has 0 fully saturated rings. The smallest absolute Gasteiger partial charge is 0.321 e. The maximum atomic E-state index is 10.3. The first-order valence-corrected chi connectivity index (χ1v) is 5.56. The lowest BCUT2D eigenvalue weighted by Crippen LogP contribution is -2.32. The second-order valence-electron chi connectivity index (χ2n) is 3.35. The summed E-state index contributed by atoms with van der Waals surface area (Å²) in [6.07, 6.45) is 3.34. The third kappa shape index (κ3) is 9.31. The zero-order valence-electron chi connectivity index (χ0n) is 9.89. The Hall–Kier alpha value is -1.29. The summed E-state index contributed by atoms with van der Waals surface area (Å²) in [5, 5.41) is 16.4. The summed E-state index contributed by atoms with van der Waals surface area (Å²) in [5.74, 6) is -1.82. The summed E-state index contributed by atoms with van der Waals surface area (Å²) in [4.78, 5) is 26.5. The lowest BCUT2D eigenvalue weighted by atomic mass is 10.2. The highest BCUT2D eigenvalue weighted by atomic mass is 35.5. The highest BCUT2D eigenvalue weighted by molar-refractivity contribution is 7.80. The van der Waals surface area contributed by atoms with Crippen molar-refractivity contribution in [2.75, 3.05) is 5.75 Å². The van der Waals surface area contributed by atoms with Crippen LogP contribution in [-0.4, -0.2) is 50.0 Å². The quantitative estimate of drug-likeness (QED) is 0.385.